The van der Waals surface area contributed by atoms with Crippen LogP contribution in [0.15, 0.2) is 0 Å². The van der Waals surface area contributed by atoms with E-state index in [1.807, 2.05) is 0 Å². The normalized spacial score (nSPS) is 12.1. The maximum absolute atomic E-state index is 12.0. The Morgan fingerprint density at radius 1 is 0.679 bits per heavy atom. The fourth-order valence-corrected chi connectivity index (χ4v) is 3.40. The minimum absolute atomic E-state index is 0.126. The second-order valence-corrected chi connectivity index (χ2v) is 8.10. The quantitative estimate of drug-likeness (QED) is 0.117. The van der Waals surface area contributed by atoms with Crippen LogP contribution in [0.25, 0.3) is 0 Å². The predicted molar refractivity (Wildman–Crippen MR) is 116 cm³/mol. The van der Waals surface area contributed by atoms with Crippen molar-refractivity contribution in [3.63, 3.8) is 0 Å². The van der Waals surface area contributed by atoms with Gasteiger partial charge >= 0.3 is 5.97 Å². The van der Waals surface area contributed by atoms with Crippen molar-refractivity contribution in [3.8, 4) is 0 Å². The van der Waals surface area contributed by atoms with Crippen LogP contribution in [0.5, 0.6) is 0 Å². The monoisotopic (exact) mass is 398 g/mol. The summed E-state index contributed by atoms with van der Waals surface area (Å²) in [6.45, 7) is 3.90. The first-order chi connectivity index (χ1) is 13.6. The highest BCUT2D eigenvalue weighted by atomic mass is 16.7. The first-order valence-corrected chi connectivity index (χ1v) is 11.8. The summed E-state index contributed by atoms with van der Waals surface area (Å²) in [6.07, 6.45) is 19.4. The molecule has 4 nitrogen and oxygen atoms in total. The smallest absolute Gasteiger partial charge is 0.308 e. The zero-order valence-electron chi connectivity index (χ0n) is 18.9. The molecule has 0 aliphatic heterocycles. The molecule has 0 aromatic heterocycles. The maximum Gasteiger partial charge on any atom is 0.308 e. The number of hydrogen-bond donors (Lipinski definition) is 0. The summed E-state index contributed by atoms with van der Waals surface area (Å²) >= 11 is 0. The third-order valence-corrected chi connectivity index (χ3v) is 5.23. The van der Waals surface area contributed by atoms with E-state index in [4.69, 9.17) is 9.47 Å². The Morgan fingerprint density at radius 3 is 1.64 bits per heavy atom. The van der Waals surface area contributed by atoms with Crippen molar-refractivity contribution < 1.29 is 19.1 Å². The third-order valence-electron chi connectivity index (χ3n) is 5.23. The Morgan fingerprint density at radius 2 is 1.14 bits per heavy atom. The summed E-state index contributed by atoms with van der Waals surface area (Å²) in [5, 5.41) is 0. The topological polar surface area (TPSA) is 52.6 Å². The lowest BCUT2D eigenvalue weighted by molar-refractivity contribution is -0.174. The molecule has 0 amide bonds. The molecule has 0 saturated heterocycles. The molecule has 0 spiro atoms. The first-order valence-electron chi connectivity index (χ1n) is 11.8. The number of methoxy groups -OCH3 is 1. The van der Waals surface area contributed by atoms with Crippen molar-refractivity contribution in [1.29, 1.82) is 0 Å². The first kappa shape index (κ1) is 27.1. The summed E-state index contributed by atoms with van der Waals surface area (Å²) in [4.78, 5) is 22.8. The molecule has 0 aliphatic rings. The highest BCUT2D eigenvalue weighted by molar-refractivity contribution is 5.75. The van der Waals surface area contributed by atoms with E-state index in [1.54, 1.807) is 14.0 Å². The molecule has 4 heteroatoms. The van der Waals surface area contributed by atoms with Crippen LogP contribution in [0.4, 0.5) is 0 Å². The van der Waals surface area contributed by atoms with Crippen molar-refractivity contribution in [3.05, 3.63) is 0 Å². The van der Waals surface area contributed by atoms with E-state index in [0.717, 1.165) is 44.9 Å². The fraction of sp³-hybridized carbons (Fsp3) is 0.917. The van der Waals surface area contributed by atoms with Crippen molar-refractivity contribution in [2.45, 2.75) is 136 Å². The molecule has 0 rings (SSSR count). The van der Waals surface area contributed by atoms with Gasteiger partial charge in [-0.2, -0.15) is 0 Å². The molecule has 0 bridgehead atoms. The summed E-state index contributed by atoms with van der Waals surface area (Å²) in [5.41, 5.74) is 0. The third kappa shape index (κ3) is 19.9. The Labute approximate surface area is 174 Å². The van der Waals surface area contributed by atoms with Gasteiger partial charge < -0.3 is 14.3 Å². The number of rotatable bonds is 21. The lowest BCUT2D eigenvalue weighted by atomic mass is 10.1. The zero-order chi connectivity index (χ0) is 20.9. The van der Waals surface area contributed by atoms with Crippen LogP contribution in [0.2, 0.25) is 0 Å². The molecule has 0 aromatic rings. The van der Waals surface area contributed by atoms with E-state index < -0.39 is 0 Å². The minimum Gasteiger partial charge on any atom is -0.436 e. The number of ether oxygens (including phenoxy) is 2. The summed E-state index contributed by atoms with van der Waals surface area (Å²) in [7, 11) is 1.62. The number of ketones is 1. The van der Waals surface area contributed by atoms with Gasteiger partial charge in [0.1, 0.15) is 5.78 Å². The molecule has 0 saturated carbocycles. The molecule has 0 aliphatic carbocycles. The Kier molecular flexibility index (Phi) is 20.2. The van der Waals surface area contributed by atoms with Gasteiger partial charge in [-0.15, -0.1) is 0 Å². The molecular weight excluding hydrogens is 352 g/mol. The second-order valence-electron chi connectivity index (χ2n) is 8.10. The van der Waals surface area contributed by atoms with Crippen LogP contribution in [0, 0.1) is 0 Å². The highest BCUT2D eigenvalue weighted by Crippen LogP contribution is 2.14. The van der Waals surface area contributed by atoms with E-state index in [0.29, 0.717) is 12.2 Å². The van der Waals surface area contributed by atoms with Crippen LogP contribution >= 0.6 is 0 Å². The van der Waals surface area contributed by atoms with Gasteiger partial charge in [0.15, 0.2) is 0 Å². The van der Waals surface area contributed by atoms with Crippen LogP contribution in [-0.4, -0.2) is 25.2 Å². The van der Waals surface area contributed by atoms with E-state index in [1.165, 1.54) is 64.2 Å². The molecule has 1 atom stereocenters. The molecule has 166 valence electrons. The Balaban J connectivity index is 3.48. The number of carbonyl (C=O) groups excluding carboxylic acids is 2. The molecule has 0 fully saturated rings. The fourth-order valence-electron chi connectivity index (χ4n) is 3.40. The average molecular weight is 399 g/mol. The van der Waals surface area contributed by atoms with Crippen molar-refractivity contribution in [1.82, 2.24) is 0 Å². The molecule has 0 heterocycles. The molecule has 1 unspecified atom stereocenters. The van der Waals surface area contributed by atoms with Gasteiger partial charge in [0, 0.05) is 26.4 Å². The Hall–Kier alpha value is -0.900. The molecular formula is C24H46O4. The van der Waals surface area contributed by atoms with Crippen molar-refractivity contribution in [2.75, 3.05) is 7.11 Å². The molecule has 0 aromatic carbocycles. The van der Waals surface area contributed by atoms with Gasteiger partial charge in [-0.25, -0.2) is 0 Å². The van der Waals surface area contributed by atoms with E-state index in [9.17, 15) is 9.59 Å². The molecule has 28 heavy (non-hydrogen) atoms. The van der Waals surface area contributed by atoms with Gasteiger partial charge in [0.05, 0.1) is 0 Å². The lowest BCUT2D eigenvalue weighted by Crippen LogP contribution is -2.20. The van der Waals surface area contributed by atoms with Gasteiger partial charge in [-0.1, -0.05) is 84.0 Å². The average Bonchev–Trinajstić information content (AvgIpc) is 2.67. The predicted octanol–water partition coefficient (Wildman–Crippen LogP) is 7.13. The number of Topliss-reactive ketones (excluding diaryl/α,β-unsaturated/α-hetero) is 1. The SMILES string of the molecule is CCCCCCCCCC(OC)OC(=O)CCCCCCCCCCC(C)=O. The van der Waals surface area contributed by atoms with E-state index in [-0.39, 0.29) is 12.3 Å². The van der Waals surface area contributed by atoms with Crippen molar-refractivity contribution >= 4 is 11.8 Å². The van der Waals surface area contributed by atoms with Gasteiger partial charge in [0.2, 0.25) is 6.29 Å². The van der Waals surface area contributed by atoms with Gasteiger partial charge in [-0.05, 0) is 26.2 Å². The number of hydrogen-bond acceptors (Lipinski definition) is 4. The van der Waals surface area contributed by atoms with Gasteiger partial charge in [0.25, 0.3) is 0 Å². The Bertz CT molecular complexity index is 368. The van der Waals surface area contributed by atoms with Crippen LogP contribution in [-0.2, 0) is 19.1 Å². The van der Waals surface area contributed by atoms with Crippen LogP contribution in [0.3, 0.4) is 0 Å². The largest absolute Gasteiger partial charge is 0.436 e. The summed E-state index contributed by atoms with van der Waals surface area (Å²) < 4.78 is 10.8. The lowest BCUT2D eigenvalue weighted by Gasteiger charge is -2.16. The van der Waals surface area contributed by atoms with Crippen LogP contribution < -0.4 is 0 Å². The number of esters is 1. The minimum atomic E-state index is -0.377. The van der Waals surface area contributed by atoms with Gasteiger partial charge in [-0.3, -0.25) is 4.79 Å². The molecule has 0 radical (unpaired) electrons. The molecule has 0 N–H and O–H groups in total. The summed E-state index contributed by atoms with van der Waals surface area (Å²) in [5.74, 6) is 0.170. The van der Waals surface area contributed by atoms with E-state index in [2.05, 4.69) is 6.92 Å². The van der Waals surface area contributed by atoms with Crippen molar-refractivity contribution in [2.24, 2.45) is 0 Å². The summed E-state index contributed by atoms with van der Waals surface area (Å²) in [6, 6.07) is 0. The zero-order valence-corrected chi connectivity index (χ0v) is 18.9. The maximum atomic E-state index is 12.0. The second kappa shape index (κ2) is 20.8. The number of unbranched alkanes of at least 4 members (excludes halogenated alkanes) is 13. The highest BCUT2D eigenvalue weighted by Gasteiger charge is 2.12. The number of carbonyl (C=O) groups is 2. The van der Waals surface area contributed by atoms with E-state index >= 15 is 0 Å². The van der Waals surface area contributed by atoms with Crippen LogP contribution in [0.1, 0.15) is 129 Å². The standard InChI is InChI=1S/C24H46O4/c1-4-5-6-7-10-15-18-21-24(27-3)28-23(26)20-17-14-12-9-8-11-13-16-19-22(2)25/h24H,4-21H2,1-3H3.